The van der Waals surface area contributed by atoms with Crippen LogP contribution in [0.3, 0.4) is 0 Å². The Hall–Kier alpha value is -0.310. The van der Waals surface area contributed by atoms with Gasteiger partial charge in [0.1, 0.15) is 5.82 Å². The van der Waals surface area contributed by atoms with Gasteiger partial charge in [-0.3, -0.25) is 0 Å². The van der Waals surface area contributed by atoms with Crippen molar-refractivity contribution in [3.8, 4) is 0 Å². The predicted octanol–water partition coefficient (Wildman–Crippen LogP) is 7.85. The van der Waals surface area contributed by atoms with Gasteiger partial charge in [-0.1, -0.05) is 64.7 Å². The highest BCUT2D eigenvalue weighted by Gasteiger charge is 2.53. The van der Waals surface area contributed by atoms with Gasteiger partial charge in [0.25, 0.3) is 0 Å². The lowest BCUT2D eigenvalue weighted by Gasteiger charge is -2.56. The number of hydrogen-bond acceptors (Lipinski definition) is 1. The number of hydrogen-bond donors (Lipinski definition) is 0. The van der Waals surface area contributed by atoms with Crippen LogP contribution in [0, 0.1) is 17.8 Å². The minimum Gasteiger partial charge on any atom is -0.334 e. The maximum atomic E-state index is 4.93. The topological polar surface area (TPSA) is 17.8 Å². The summed E-state index contributed by atoms with van der Waals surface area (Å²) in [5.74, 6) is 4.51. The van der Waals surface area contributed by atoms with Gasteiger partial charge in [0.05, 0.1) is 0 Å². The number of aromatic nitrogens is 2. The van der Waals surface area contributed by atoms with Crippen LogP contribution in [0.5, 0.6) is 0 Å². The minimum atomic E-state index is 0. The van der Waals surface area contributed by atoms with Gasteiger partial charge in [-0.25, -0.2) is 4.98 Å². The van der Waals surface area contributed by atoms with E-state index in [1.807, 2.05) is 0 Å². The highest BCUT2D eigenvalue weighted by atomic mass is 79.9. The first-order valence-electron chi connectivity index (χ1n) is 12.3. The van der Waals surface area contributed by atoms with E-state index in [1.54, 1.807) is 0 Å². The van der Waals surface area contributed by atoms with E-state index in [9.17, 15) is 0 Å². The third-order valence-corrected chi connectivity index (χ3v) is 7.98. The maximum absolute atomic E-state index is 4.93. The smallest absolute Gasteiger partial charge is 0.114 e. The molecule has 0 amide bonds. The van der Waals surface area contributed by atoms with Gasteiger partial charge in [-0.05, 0) is 62.7 Å². The van der Waals surface area contributed by atoms with Gasteiger partial charge in [0, 0.05) is 24.4 Å². The molecule has 0 aromatic carbocycles. The second-order valence-electron chi connectivity index (χ2n) is 10.3. The lowest BCUT2D eigenvalue weighted by Crippen LogP contribution is -2.49. The van der Waals surface area contributed by atoms with E-state index in [1.165, 1.54) is 115 Å². The van der Waals surface area contributed by atoms with E-state index in [-0.39, 0.29) is 17.0 Å². The van der Waals surface area contributed by atoms with Crippen LogP contribution in [0.2, 0.25) is 0 Å². The molecule has 0 spiro atoms. The molecule has 1 aromatic heterocycles. The summed E-state index contributed by atoms with van der Waals surface area (Å²) in [5.41, 5.74) is 0.455. The summed E-state index contributed by atoms with van der Waals surface area (Å²) in [6.07, 6.45) is 27.5. The van der Waals surface area contributed by atoms with E-state index in [0.29, 0.717) is 5.41 Å². The lowest BCUT2D eigenvalue weighted by atomic mass is 9.49. The molecule has 1 aromatic rings. The van der Waals surface area contributed by atoms with Crippen molar-refractivity contribution in [2.75, 3.05) is 0 Å². The zero-order valence-electron chi connectivity index (χ0n) is 18.2. The monoisotopic (exact) mass is 450 g/mol. The largest absolute Gasteiger partial charge is 0.334 e. The van der Waals surface area contributed by atoms with Crippen molar-refractivity contribution in [2.24, 2.45) is 17.8 Å². The molecule has 4 aliphatic rings. The Bertz CT molecular complexity index is 544. The molecule has 2 nitrogen and oxygen atoms in total. The third-order valence-electron chi connectivity index (χ3n) is 7.98. The summed E-state index contributed by atoms with van der Waals surface area (Å²) in [4.78, 5) is 4.93. The number of rotatable bonds is 12. The van der Waals surface area contributed by atoms with Crippen LogP contribution in [0.1, 0.15) is 115 Å². The van der Waals surface area contributed by atoms with Crippen molar-refractivity contribution in [3.63, 3.8) is 0 Å². The molecule has 0 N–H and O–H groups in total. The molecule has 0 aliphatic heterocycles. The molecule has 4 aliphatic carbocycles. The zero-order chi connectivity index (χ0) is 18.5. The molecule has 0 unspecified atom stereocenters. The molecule has 0 atom stereocenters. The summed E-state index contributed by atoms with van der Waals surface area (Å²) in [6, 6.07) is 0. The van der Waals surface area contributed by atoms with Crippen LogP contribution < -0.4 is 0 Å². The Labute approximate surface area is 184 Å². The van der Waals surface area contributed by atoms with Crippen LogP contribution >= 0.6 is 17.0 Å². The molecule has 3 heteroatoms. The van der Waals surface area contributed by atoms with Gasteiger partial charge in [-0.2, -0.15) is 0 Å². The zero-order valence-corrected chi connectivity index (χ0v) is 19.9. The van der Waals surface area contributed by atoms with E-state index in [2.05, 4.69) is 23.9 Å². The summed E-state index contributed by atoms with van der Waals surface area (Å²) < 4.78 is 2.55. The number of halogens is 1. The summed E-state index contributed by atoms with van der Waals surface area (Å²) in [7, 11) is 0. The average Bonchev–Trinajstić information content (AvgIpc) is 3.12. The van der Waals surface area contributed by atoms with Gasteiger partial charge in [0.2, 0.25) is 0 Å². The highest BCUT2D eigenvalue weighted by Crippen LogP contribution is 2.60. The first kappa shape index (κ1) is 22.4. The minimum absolute atomic E-state index is 0. The van der Waals surface area contributed by atoms with E-state index in [0.717, 1.165) is 17.8 Å². The standard InChI is InChI=1S/C25H42N2.BrH/c1-2-3-4-5-6-7-8-9-10-11-13-27-14-12-26-24(27)25-18-21-15-22(19-25)17-23(16-21)20-25;/h12,14,21-23H,2-11,13,15-20H2,1H3;1H. The first-order valence-corrected chi connectivity index (χ1v) is 12.3. The fraction of sp³-hybridized carbons (Fsp3) is 0.880. The van der Waals surface area contributed by atoms with Gasteiger partial charge in [0.15, 0.2) is 0 Å². The van der Waals surface area contributed by atoms with E-state index < -0.39 is 0 Å². The number of nitrogens with zero attached hydrogens (tertiary/aromatic N) is 2. The maximum Gasteiger partial charge on any atom is 0.114 e. The fourth-order valence-electron chi connectivity index (χ4n) is 7.11. The Morgan fingerprint density at radius 2 is 1.32 bits per heavy atom. The Kier molecular flexibility index (Phi) is 8.50. The molecule has 0 radical (unpaired) electrons. The molecule has 160 valence electrons. The Morgan fingerprint density at radius 3 is 1.86 bits per heavy atom. The summed E-state index contributed by atoms with van der Waals surface area (Å²) in [6.45, 7) is 3.50. The molecule has 4 fully saturated rings. The SMILES string of the molecule is Br.CCCCCCCCCCCCn1ccnc1C12CC3CC(CC(C3)C1)C2. The Balaban J connectivity index is 0.00000225. The molecule has 28 heavy (non-hydrogen) atoms. The van der Waals surface area contributed by atoms with Gasteiger partial charge in [-0.15, -0.1) is 17.0 Å². The molecular formula is C25H43BrN2. The van der Waals surface area contributed by atoms with Gasteiger partial charge >= 0.3 is 0 Å². The second-order valence-corrected chi connectivity index (χ2v) is 10.3. The van der Waals surface area contributed by atoms with Crippen molar-refractivity contribution >= 4 is 17.0 Å². The van der Waals surface area contributed by atoms with Crippen molar-refractivity contribution in [1.82, 2.24) is 9.55 Å². The predicted molar refractivity (Wildman–Crippen MR) is 124 cm³/mol. The highest BCUT2D eigenvalue weighted by molar-refractivity contribution is 8.93. The second kappa shape index (κ2) is 10.6. The van der Waals surface area contributed by atoms with Gasteiger partial charge < -0.3 is 4.57 Å². The first-order chi connectivity index (χ1) is 13.3. The molecule has 4 saturated carbocycles. The lowest BCUT2D eigenvalue weighted by molar-refractivity contribution is -0.0110. The van der Waals surface area contributed by atoms with E-state index in [4.69, 9.17) is 4.98 Å². The average molecular weight is 452 g/mol. The molecule has 1 heterocycles. The van der Waals surface area contributed by atoms with Crippen molar-refractivity contribution in [3.05, 3.63) is 18.2 Å². The van der Waals surface area contributed by atoms with Crippen molar-refractivity contribution < 1.29 is 0 Å². The van der Waals surface area contributed by atoms with Crippen LogP contribution in [0.4, 0.5) is 0 Å². The Morgan fingerprint density at radius 1 is 0.821 bits per heavy atom. The number of imidazole rings is 1. The number of unbranched alkanes of at least 4 members (excludes halogenated alkanes) is 9. The fourth-order valence-corrected chi connectivity index (χ4v) is 7.11. The normalized spacial score (nSPS) is 30.5. The van der Waals surface area contributed by atoms with Crippen LogP contribution in [-0.2, 0) is 12.0 Å². The quantitative estimate of drug-likeness (QED) is 0.296. The third kappa shape index (κ3) is 5.24. The molecule has 0 saturated heterocycles. The summed E-state index contributed by atoms with van der Waals surface area (Å²) >= 11 is 0. The van der Waals surface area contributed by atoms with E-state index >= 15 is 0 Å². The molecule has 4 bridgehead atoms. The molecule has 5 rings (SSSR count). The molecular weight excluding hydrogens is 408 g/mol. The van der Waals surface area contributed by atoms with Crippen molar-refractivity contribution in [1.29, 1.82) is 0 Å². The van der Waals surface area contributed by atoms with Crippen LogP contribution in [0.15, 0.2) is 12.4 Å². The van der Waals surface area contributed by atoms with Crippen LogP contribution in [0.25, 0.3) is 0 Å². The number of aryl methyl sites for hydroxylation is 1. The van der Waals surface area contributed by atoms with Crippen molar-refractivity contribution in [2.45, 2.75) is 122 Å². The van der Waals surface area contributed by atoms with Crippen LogP contribution in [-0.4, -0.2) is 9.55 Å². The summed E-state index contributed by atoms with van der Waals surface area (Å²) in [5, 5.41) is 0.